The van der Waals surface area contributed by atoms with Gasteiger partial charge in [-0.25, -0.2) is 0 Å². The molecule has 0 saturated heterocycles. The van der Waals surface area contributed by atoms with Crippen LogP contribution in [0.5, 0.6) is 0 Å². The van der Waals surface area contributed by atoms with Crippen LogP contribution in [-0.4, -0.2) is 6.04 Å². The predicted octanol–water partition coefficient (Wildman–Crippen LogP) is 6.00. The Labute approximate surface area is 127 Å². The number of rotatable bonds is 8. The summed E-state index contributed by atoms with van der Waals surface area (Å²) in [5, 5.41) is 4.95. The van der Waals surface area contributed by atoms with Crippen LogP contribution in [0.1, 0.15) is 64.5 Å². The van der Waals surface area contributed by atoms with Crippen LogP contribution in [0.2, 0.25) is 10.0 Å². The molecule has 0 aliphatic carbocycles. The second-order valence-corrected chi connectivity index (χ2v) is 6.01. The Hall–Kier alpha value is -0.240. The topological polar surface area (TPSA) is 12.0 Å². The molecule has 19 heavy (non-hydrogen) atoms. The second kappa shape index (κ2) is 8.84. The predicted molar refractivity (Wildman–Crippen MR) is 86.2 cm³/mol. The highest BCUT2D eigenvalue weighted by Gasteiger charge is 2.13. The van der Waals surface area contributed by atoms with E-state index in [0.717, 1.165) is 6.42 Å². The van der Waals surface area contributed by atoms with Gasteiger partial charge in [0.05, 0.1) is 10.0 Å². The molecule has 0 saturated carbocycles. The van der Waals surface area contributed by atoms with Crippen LogP contribution in [-0.2, 0) is 0 Å². The molecule has 1 N–H and O–H groups in total. The van der Waals surface area contributed by atoms with Crippen LogP contribution in [0.3, 0.4) is 0 Å². The summed E-state index contributed by atoms with van der Waals surface area (Å²) in [7, 11) is 0. The number of hydrogen-bond acceptors (Lipinski definition) is 1. The molecule has 2 unspecified atom stereocenters. The average molecular weight is 302 g/mol. The van der Waals surface area contributed by atoms with Crippen LogP contribution in [0.25, 0.3) is 0 Å². The zero-order chi connectivity index (χ0) is 14.3. The molecule has 0 spiro atoms. The van der Waals surface area contributed by atoms with Crippen LogP contribution in [0.4, 0.5) is 0 Å². The van der Waals surface area contributed by atoms with E-state index >= 15 is 0 Å². The SMILES string of the molecule is CCCCCC(C)NC(CC)c1ccc(Cl)c(Cl)c1. The van der Waals surface area contributed by atoms with Crippen molar-refractivity contribution in [3.8, 4) is 0 Å². The van der Waals surface area contributed by atoms with Gasteiger partial charge in [0.25, 0.3) is 0 Å². The molecular weight excluding hydrogens is 277 g/mol. The largest absolute Gasteiger partial charge is 0.307 e. The summed E-state index contributed by atoms with van der Waals surface area (Å²) in [6, 6.07) is 6.81. The van der Waals surface area contributed by atoms with Gasteiger partial charge in [-0.15, -0.1) is 0 Å². The number of nitrogens with one attached hydrogen (secondary N) is 1. The van der Waals surface area contributed by atoms with Gasteiger partial charge in [-0.1, -0.05) is 62.4 Å². The summed E-state index contributed by atoms with van der Waals surface area (Å²) in [6.45, 7) is 6.69. The van der Waals surface area contributed by atoms with E-state index in [1.54, 1.807) is 0 Å². The molecule has 0 radical (unpaired) electrons. The number of hydrogen-bond donors (Lipinski definition) is 1. The lowest BCUT2D eigenvalue weighted by Crippen LogP contribution is -2.30. The molecule has 1 rings (SSSR count). The van der Waals surface area contributed by atoms with Gasteiger partial charge in [-0.3, -0.25) is 0 Å². The third kappa shape index (κ3) is 5.72. The van der Waals surface area contributed by atoms with Gasteiger partial charge in [0.15, 0.2) is 0 Å². The lowest BCUT2D eigenvalue weighted by Gasteiger charge is -2.23. The quantitative estimate of drug-likeness (QED) is 0.580. The first-order chi connectivity index (χ1) is 9.08. The van der Waals surface area contributed by atoms with E-state index in [2.05, 4.69) is 32.2 Å². The van der Waals surface area contributed by atoms with Crippen LogP contribution in [0.15, 0.2) is 18.2 Å². The Kier molecular flexibility index (Phi) is 7.82. The molecule has 3 heteroatoms. The van der Waals surface area contributed by atoms with Crippen LogP contribution < -0.4 is 5.32 Å². The van der Waals surface area contributed by atoms with E-state index in [0.29, 0.717) is 22.1 Å². The van der Waals surface area contributed by atoms with Crippen molar-refractivity contribution in [1.29, 1.82) is 0 Å². The van der Waals surface area contributed by atoms with E-state index in [4.69, 9.17) is 23.2 Å². The maximum atomic E-state index is 6.09. The van der Waals surface area contributed by atoms with E-state index in [-0.39, 0.29) is 0 Å². The maximum Gasteiger partial charge on any atom is 0.0595 e. The number of halogens is 2. The van der Waals surface area contributed by atoms with Crippen molar-refractivity contribution >= 4 is 23.2 Å². The molecule has 1 aromatic rings. The summed E-state index contributed by atoms with van der Waals surface area (Å²) in [5.41, 5.74) is 1.22. The van der Waals surface area contributed by atoms with E-state index in [1.807, 2.05) is 12.1 Å². The first-order valence-corrected chi connectivity index (χ1v) is 8.05. The molecule has 2 atom stereocenters. The van der Waals surface area contributed by atoms with Gasteiger partial charge in [-0.2, -0.15) is 0 Å². The summed E-state index contributed by atoms with van der Waals surface area (Å²) in [6.07, 6.45) is 6.16. The molecule has 1 nitrogen and oxygen atoms in total. The average Bonchev–Trinajstić information content (AvgIpc) is 2.39. The number of unbranched alkanes of at least 4 members (excludes halogenated alkanes) is 2. The lowest BCUT2D eigenvalue weighted by atomic mass is 10.0. The standard InChI is InChI=1S/C16H25Cl2N/c1-4-6-7-8-12(3)19-16(5-2)13-9-10-14(17)15(18)11-13/h9-12,16,19H,4-8H2,1-3H3. The minimum absolute atomic E-state index is 0.353. The van der Waals surface area contributed by atoms with Crippen molar-refractivity contribution in [3.05, 3.63) is 33.8 Å². The fourth-order valence-corrected chi connectivity index (χ4v) is 2.61. The highest BCUT2D eigenvalue weighted by molar-refractivity contribution is 6.42. The minimum atomic E-state index is 0.353. The lowest BCUT2D eigenvalue weighted by molar-refractivity contribution is 0.415. The van der Waals surface area contributed by atoms with Gasteiger partial charge in [0.2, 0.25) is 0 Å². The Bertz CT molecular complexity index is 379. The Morgan fingerprint density at radius 2 is 1.84 bits per heavy atom. The normalized spacial score (nSPS) is 14.4. The highest BCUT2D eigenvalue weighted by atomic mass is 35.5. The van der Waals surface area contributed by atoms with Gasteiger partial charge in [0, 0.05) is 12.1 Å². The zero-order valence-electron chi connectivity index (χ0n) is 12.2. The monoisotopic (exact) mass is 301 g/mol. The van der Waals surface area contributed by atoms with Crippen LogP contribution >= 0.6 is 23.2 Å². The second-order valence-electron chi connectivity index (χ2n) is 5.20. The molecule has 0 amide bonds. The van der Waals surface area contributed by atoms with Crippen molar-refractivity contribution in [2.45, 2.75) is 65.0 Å². The van der Waals surface area contributed by atoms with Crippen molar-refractivity contribution in [1.82, 2.24) is 5.32 Å². The van der Waals surface area contributed by atoms with Gasteiger partial charge < -0.3 is 5.32 Å². The van der Waals surface area contributed by atoms with Crippen molar-refractivity contribution in [2.75, 3.05) is 0 Å². The van der Waals surface area contributed by atoms with Crippen molar-refractivity contribution < 1.29 is 0 Å². The fourth-order valence-electron chi connectivity index (χ4n) is 2.31. The van der Waals surface area contributed by atoms with E-state index in [1.165, 1.54) is 31.2 Å². The maximum absolute atomic E-state index is 6.09. The molecule has 0 bridgehead atoms. The smallest absolute Gasteiger partial charge is 0.0595 e. The first-order valence-electron chi connectivity index (χ1n) is 7.29. The third-order valence-corrected chi connectivity index (χ3v) is 4.22. The Balaban J connectivity index is 2.59. The van der Waals surface area contributed by atoms with E-state index in [9.17, 15) is 0 Å². The van der Waals surface area contributed by atoms with Gasteiger partial charge >= 0.3 is 0 Å². The molecule has 0 heterocycles. The Morgan fingerprint density at radius 3 is 2.42 bits per heavy atom. The summed E-state index contributed by atoms with van der Waals surface area (Å²) >= 11 is 12.1. The summed E-state index contributed by atoms with van der Waals surface area (Å²) < 4.78 is 0. The van der Waals surface area contributed by atoms with E-state index < -0.39 is 0 Å². The fraction of sp³-hybridized carbons (Fsp3) is 0.625. The first kappa shape index (κ1) is 16.8. The van der Waals surface area contributed by atoms with Crippen molar-refractivity contribution in [2.24, 2.45) is 0 Å². The zero-order valence-corrected chi connectivity index (χ0v) is 13.7. The molecule has 0 aliphatic rings. The molecule has 0 aromatic heterocycles. The highest BCUT2D eigenvalue weighted by Crippen LogP contribution is 2.27. The minimum Gasteiger partial charge on any atom is -0.307 e. The molecular formula is C16H25Cl2N. The summed E-state index contributed by atoms with van der Waals surface area (Å²) in [5.74, 6) is 0. The van der Waals surface area contributed by atoms with Gasteiger partial charge in [-0.05, 0) is 37.5 Å². The van der Waals surface area contributed by atoms with Gasteiger partial charge in [0.1, 0.15) is 0 Å². The van der Waals surface area contributed by atoms with Crippen molar-refractivity contribution in [3.63, 3.8) is 0 Å². The molecule has 0 aliphatic heterocycles. The molecule has 0 fully saturated rings. The summed E-state index contributed by atoms with van der Waals surface area (Å²) in [4.78, 5) is 0. The Morgan fingerprint density at radius 1 is 1.11 bits per heavy atom. The molecule has 108 valence electrons. The van der Waals surface area contributed by atoms with Crippen LogP contribution in [0, 0.1) is 0 Å². The third-order valence-electron chi connectivity index (χ3n) is 3.48. The molecule has 1 aromatic carbocycles. The number of benzene rings is 1.